The SMILES string of the molecule is CCOc1ccc2nc(SCCCC(CC)NC)[nH]c2c1. The maximum Gasteiger partial charge on any atom is 0.166 e. The second kappa shape index (κ2) is 8.29. The number of nitrogens with zero attached hydrogens (tertiary/aromatic N) is 1. The Hall–Kier alpha value is -1.20. The molecular formula is C16H25N3OS. The highest BCUT2D eigenvalue weighted by molar-refractivity contribution is 7.99. The molecule has 1 atom stereocenters. The van der Waals surface area contributed by atoms with Crippen LogP contribution in [0.2, 0.25) is 0 Å². The number of imidazole rings is 1. The number of ether oxygens (including phenoxy) is 1. The van der Waals surface area contributed by atoms with Gasteiger partial charge in [0.05, 0.1) is 17.6 Å². The largest absolute Gasteiger partial charge is 0.494 e. The average Bonchev–Trinajstić information content (AvgIpc) is 2.90. The summed E-state index contributed by atoms with van der Waals surface area (Å²) in [6.45, 7) is 4.90. The maximum absolute atomic E-state index is 5.51. The van der Waals surface area contributed by atoms with Gasteiger partial charge in [0.1, 0.15) is 5.75 Å². The lowest BCUT2D eigenvalue weighted by molar-refractivity contribution is 0.340. The first-order valence-electron chi connectivity index (χ1n) is 7.69. The van der Waals surface area contributed by atoms with Gasteiger partial charge >= 0.3 is 0 Å². The lowest BCUT2D eigenvalue weighted by Crippen LogP contribution is -2.23. The number of hydrogen-bond acceptors (Lipinski definition) is 4. The van der Waals surface area contributed by atoms with Gasteiger partial charge in [0.2, 0.25) is 0 Å². The minimum Gasteiger partial charge on any atom is -0.494 e. The van der Waals surface area contributed by atoms with Crippen LogP contribution in [0.5, 0.6) is 5.75 Å². The monoisotopic (exact) mass is 307 g/mol. The lowest BCUT2D eigenvalue weighted by atomic mass is 10.1. The number of fused-ring (bicyclic) bond motifs is 1. The van der Waals surface area contributed by atoms with Crippen molar-refractivity contribution in [3.8, 4) is 5.75 Å². The number of nitrogens with one attached hydrogen (secondary N) is 2. The molecule has 0 fully saturated rings. The Kier molecular flexibility index (Phi) is 6.39. The number of thioether (sulfide) groups is 1. The predicted molar refractivity (Wildman–Crippen MR) is 90.4 cm³/mol. The van der Waals surface area contributed by atoms with E-state index in [1.54, 1.807) is 11.8 Å². The molecule has 2 N–H and O–H groups in total. The first-order valence-corrected chi connectivity index (χ1v) is 8.68. The summed E-state index contributed by atoms with van der Waals surface area (Å²) < 4.78 is 5.51. The van der Waals surface area contributed by atoms with Gasteiger partial charge in [-0.25, -0.2) is 4.98 Å². The van der Waals surface area contributed by atoms with Gasteiger partial charge in [-0.15, -0.1) is 0 Å². The summed E-state index contributed by atoms with van der Waals surface area (Å²) in [5, 5.41) is 4.34. The van der Waals surface area contributed by atoms with Gasteiger partial charge < -0.3 is 15.0 Å². The molecule has 0 aliphatic rings. The van der Waals surface area contributed by atoms with Crippen LogP contribution in [0.25, 0.3) is 11.0 Å². The molecule has 2 rings (SSSR count). The number of hydrogen-bond donors (Lipinski definition) is 2. The highest BCUT2D eigenvalue weighted by Crippen LogP contribution is 2.24. The molecule has 0 amide bonds. The first kappa shape index (κ1) is 16.2. The van der Waals surface area contributed by atoms with E-state index < -0.39 is 0 Å². The van der Waals surface area contributed by atoms with Crippen molar-refractivity contribution < 1.29 is 4.74 Å². The summed E-state index contributed by atoms with van der Waals surface area (Å²) >= 11 is 1.79. The molecule has 0 saturated heterocycles. The Labute approximate surface area is 131 Å². The third-order valence-electron chi connectivity index (χ3n) is 3.58. The maximum atomic E-state index is 5.51. The van der Waals surface area contributed by atoms with Crippen molar-refractivity contribution in [1.82, 2.24) is 15.3 Å². The van der Waals surface area contributed by atoms with Gasteiger partial charge in [-0.05, 0) is 45.4 Å². The van der Waals surface area contributed by atoms with E-state index in [4.69, 9.17) is 4.74 Å². The molecule has 0 aliphatic heterocycles. The van der Waals surface area contributed by atoms with E-state index in [2.05, 4.69) is 22.2 Å². The third-order valence-corrected chi connectivity index (χ3v) is 4.54. The van der Waals surface area contributed by atoms with Crippen LogP contribution in [0.4, 0.5) is 0 Å². The zero-order valence-electron chi connectivity index (χ0n) is 13.1. The van der Waals surface area contributed by atoms with Crippen molar-refractivity contribution in [2.45, 2.75) is 44.3 Å². The minimum atomic E-state index is 0.634. The molecule has 1 aromatic heterocycles. The fraction of sp³-hybridized carbons (Fsp3) is 0.562. The zero-order chi connectivity index (χ0) is 15.1. The third kappa shape index (κ3) is 4.64. The van der Waals surface area contributed by atoms with Crippen LogP contribution in [0.3, 0.4) is 0 Å². The van der Waals surface area contributed by atoms with Crippen LogP contribution in [0, 0.1) is 0 Å². The van der Waals surface area contributed by atoms with E-state index >= 15 is 0 Å². The van der Waals surface area contributed by atoms with Gasteiger partial charge in [-0.1, -0.05) is 18.7 Å². The van der Waals surface area contributed by atoms with Crippen LogP contribution in [-0.4, -0.2) is 35.4 Å². The van der Waals surface area contributed by atoms with Crippen molar-refractivity contribution in [2.24, 2.45) is 0 Å². The summed E-state index contributed by atoms with van der Waals surface area (Å²) in [4.78, 5) is 7.97. The summed E-state index contributed by atoms with van der Waals surface area (Å²) in [6.07, 6.45) is 3.60. The van der Waals surface area contributed by atoms with Gasteiger partial charge in [-0.2, -0.15) is 0 Å². The molecular weight excluding hydrogens is 282 g/mol. The van der Waals surface area contributed by atoms with Crippen molar-refractivity contribution >= 4 is 22.8 Å². The molecule has 1 aromatic carbocycles. The lowest BCUT2D eigenvalue weighted by Gasteiger charge is -2.12. The van der Waals surface area contributed by atoms with Gasteiger partial charge in [0.15, 0.2) is 5.16 Å². The molecule has 2 aromatic rings. The van der Waals surface area contributed by atoms with Crippen LogP contribution >= 0.6 is 11.8 Å². The van der Waals surface area contributed by atoms with E-state index in [1.165, 1.54) is 19.3 Å². The number of rotatable bonds is 9. The molecule has 0 aliphatic carbocycles. The summed E-state index contributed by atoms with van der Waals surface area (Å²) in [5.41, 5.74) is 2.05. The Morgan fingerprint density at radius 3 is 2.95 bits per heavy atom. The molecule has 5 heteroatoms. The molecule has 0 spiro atoms. The van der Waals surface area contributed by atoms with Gasteiger partial charge in [0.25, 0.3) is 0 Å². The summed E-state index contributed by atoms with van der Waals surface area (Å²) in [6, 6.07) is 6.63. The quantitative estimate of drug-likeness (QED) is 0.546. The smallest absolute Gasteiger partial charge is 0.166 e. The standard InChI is InChI=1S/C16H25N3OS/c1-4-12(17-3)7-6-10-21-16-18-14-9-8-13(20-5-2)11-15(14)19-16/h8-9,11-12,17H,4-7,10H2,1-3H3,(H,18,19). The van der Waals surface area contributed by atoms with E-state index in [1.807, 2.05) is 32.2 Å². The van der Waals surface area contributed by atoms with Crippen LogP contribution in [-0.2, 0) is 0 Å². The van der Waals surface area contributed by atoms with Gasteiger partial charge in [-0.3, -0.25) is 0 Å². The summed E-state index contributed by atoms with van der Waals surface area (Å²) in [5.74, 6) is 1.99. The van der Waals surface area contributed by atoms with Crippen molar-refractivity contribution in [2.75, 3.05) is 19.4 Å². The normalized spacial score (nSPS) is 12.7. The topological polar surface area (TPSA) is 49.9 Å². The fourth-order valence-corrected chi connectivity index (χ4v) is 3.19. The first-order chi connectivity index (χ1) is 10.3. The molecule has 0 saturated carbocycles. The number of benzene rings is 1. The van der Waals surface area contributed by atoms with E-state index in [0.717, 1.165) is 27.7 Å². The number of H-pyrrole nitrogens is 1. The second-order valence-corrected chi connectivity index (χ2v) is 6.12. The Morgan fingerprint density at radius 2 is 2.24 bits per heavy atom. The van der Waals surface area contributed by atoms with Crippen molar-refractivity contribution in [3.63, 3.8) is 0 Å². The molecule has 0 bridgehead atoms. The molecule has 4 nitrogen and oxygen atoms in total. The van der Waals surface area contributed by atoms with E-state index in [0.29, 0.717) is 12.6 Å². The molecule has 116 valence electrons. The number of aromatic nitrogens is 2. The highest BCUT2D eigenvalue weighted by atomic mass is 32.2. The van der Waals surface area contributed by atoms with Crippen molar-refractivity contribution in [1.29, 1.82) is 0 Å². The minimum absolute atomic E-state index is 0.634. The Morgan fingerprint density at radius 1 is 1.38 bits per heavy atom. The molecule has 0 radical (unpaired) electrons. The average molecular weight is 307 g/mol. The van der Waals surface area contributed by atoms with E-state index in [9.17, 15) is 0 Å². The molecule has 1 unspecified atom stereocenters. The van der Waals surface area contributed by atoms with Crippen LogP contribution in [0.1, 0.15) is 33.1 Å². The Bertz CT molecular complexity index is 551. The highest BCUT2D eigenvalue weighted by Gasteiger charge is 2.06. The van der Waals surface area contributed by atoms with E-state index in [-0.39, 0.29) is 0 Å². The molecule has 1 heterocycles. The predicted octanol–water partition coefficient (Wildman–Crippen LogP) is 3.83. The summed E-state index contributed by atoms with van der Waals surface area (Å²) in [7, 11) is 2.04. The zero-order valence-corrected chi connectivity index (χ0v) is 13.9. The van der Waals surface area contributed by atoms with Crippen LogP contribution in [0.15, 0.2) is 23.4 Å². The Balaban J connectivity index is 1.87. The van der Waals surface area contributed by atoms with Crippen LogP contribution < -0.4 is 10.1 Å². The van der Waals surface area contributed by atoms with Gasteiger partial charge in [0, 0.05) is 17.9 Å². The molecule has 21 heavy (non-hydrogen) atoms. The fourth-order valence-electron chi connectivity index (χ4n) is 2.34. The number of aromatic amines is 1. The second-order valence-electron chi connectivity index (χ2n) is 5.04. The van der Waals surface area contributed by atoms with Crippen molar-refractivity contribution in [3.05, 3.63) is 18.2 Å².